The average Bonchev–Trinajstić information content (AvgIpc) is 4.07. The summed E-state index contributed by atoms with van der Waals surface area (Å²) < 4.78 is 86.0. The summed E-state index contributed by atoms with van der Waals surface area (Å²) in [6.07, 6.45) is 5.67. The van der Waals surface area contributed by atoms with Gasteiger partial charge in [-0.25, -0.2) is 13.2 Å². The highest BCUT2D eigenvalue weighted by atomic mass is 35.5. The molecule has 1 amide bonds. The highest BCUT2D eigenvalue weighted by molar-refractivity contribution is 7.89. The maximum absolute atomic E-state index is 14.5. The van der Waals surface area contributed by atoms with Crippen LogP contribution in [-0.4, -0.2) is 81.2 Å². The second-order valence-electron chi connectivity index (χ2n) is 18.0. The molecule has 4 aromatic carbocycles. The Morgan fingerprint density at radius 2 is 1.61 bits per heavy atom. The number of hydrogen-bond donors (Lipinski definition) is 1. The zero-order valence-corrected chi connectivity index (χ0v) is 41.2. The molecule has 9 rings (SSSR count). The minimum atomic E-state index is -4.26. The van der Waals surface area contributed by atoms with Crippen molar-refractivity contribution < 1.29 is 50.5 Å². The lowest BCUT2D eigenvalue weighted by Gasteiger charge is -2.43. The number of amides is 1. The van der Waals surface area contributed by atoms with Crippen molar-refractivity contribution >= 4 is 45.3 Å². The van der Waals surface area contributed by atoms with Crippen molar-refractivity contribution in [2.75, 3.05) is 32.8 Å². The number of hydrogen-bond acceptors (Lipinski definition) is 10. The molecular weight excluding hydrogens is 964 g/mol. The number of nitrogens with zero attached hydrogens (tertiary/aromatic N) is 2. The number of rotatable bonds is 21. The number of ether oxygens (including phenoxy) is 5. The van der Waals surface area contributed by atoms with Crippen LogP contribution in [0.3, 0.4) is 0 Å². The molecule has 4 atom stereocenters. The van der Waals surface area contributed by atoms with Gasteiger partial charge < -0.3 is 29.0 Å². The van der Waals surface area contributed by atoms with E-state index in [-0.39, 0.29) is 71.1 Å². The van der Waals surface area contributed by atoms with Crippen LogP contribution < -0.4 is 19.5 Å². The fraction of sp³-hybridized carbons (Fsp3) is 0.396. The topological polar surface area (TPSA) is 133 Å². The molecule has 0 unspecified atom stereocenters. The summed E-state index contributed by atoms with van der Waals surface area (Å²) >= 11 is 13.2. The number of carbonyl (C=O) groups is 2. The van der Waals surface area contributed by atoms with Crippen LogP contribution in [0.15, 0.2) is 136 Å². The van der Waals surface area contributed by atoms with Crippen LogP contribution in [0.4, 0.5) is 13.6 Å². The third kappa shape index (κ3) is 12.7. The lowest BCUT2D eigenvalue weighted by Crippen LogP contribution is -2.52. The number of alkyl halides is 2. The van der Waals surface area contributed by atoms with Gasteiger partial charge in [-0.3, -0.25) is 9.69 Å². The van der Waals surface area contributed by atoms with Gasteiger partial charge in [0.25, 0.3) is 0 Å². The van der Waals surface area contributed by atoms with Crippen molar-refractivity contribution in [2.24, 2.45) is 11.8 Å². The van der Waals surface area contributed by atoms with Crippen molar-refractivity contribution in [1.29, 1.82) is 0 Å². The van der Waals surface area contributed by atoms with Gasteiger partial charge in [0.1, 0.15) is 30.6 Å². The third-order valence-corrected chi connectivity index (χ3v) is 15.9. The molecule has 1 saturated carbocycles. The predicted octanol–water partition coefficient (Wildman–Crippen LogP) is 11.2. The molecule has 4 heterocycles. The van der Waals surface area contributed by atoms with Gasteiger partial charge in [-0.05, 0) is 135 Å². The maximum atomic E-state index is 14.5. The Hall–Kier alpha value is -5.45. The molecule has 0 spiro atoms. The highest BCUT2D eigenvalue weighted by Gasteiger charge is 2.42. The van der Waals surface area contributed by atoms with Gasteiger partial charge in [0.15, 0.2) is 11.5 Å². The molecular formula is C53H57Cl2F2N3O9S. The van der Waals surface area contributed by atoms with Gasteiger partial charge >= 0.3 is 18.7 Å². The van der Waals surface area contributed by atoms with E-state index in [0.29, 0.717) is 34.8 Å². The normalized spacial score (nSPS) is 21.6. The molecule has 1 aliphatic carbocycles. The molecule has 4 aliphatic heterocycles. The van der Waals surface area contributed by atoms with Crippen LogP contribution in [0.5, 0.6) is 17.2 Å². The summed E-state index contributed by atoms with van der Waals surface area (Å²) in [5.74, 6) is 0.171. The SMILES string of the molecule is C=C/C(Cl)=C(C[C@H](OC(=O)[C@@H]1CCCN1S(=O)(=O)c1cccc(COc2cccc([C@@H](NC(=O)O[C@H]3CN4CCC3CC4)c3ccccc3)c2)c1)c1ccc(OC(F)F)c(OCC2CC2)c1)\C(Cl)=C/C. The number of esters is 1. The van der Waals surface area contributed by atoms with E-state index in [1.165, 1.54) is 36.4 Å². The zero-order chi connectivity index (χ0) is 49.4. The van der Waals surface area contributed by atoms with Crippen molar-refractivity contribution in [3.8, 4) is 17.2 Å². The monoisotopic (exact) mass is 1020 g/mol. The Balaban J connectivity index is 0.976. The van der Waals surface area contributed by atoms with Crippen LogP contribution in [0.1, 0.15) is 86.3 Å². The molecule has 12 nitrogen and oxygen atoms in total. The Bertz CT molecular complexity index is 2680. The molecule has 0 radical (unpaired) electrons. The number of nitrogens with one attached hydrogen (secondary N) is 1. The number of sulfonamides is 1. The molecule has 0 aromatic heterocycles. The Morgan fingerprint density at radius 3 is 2.31 bits per heavy atom. The minimum Gasteiger partial charge on any atom is -0.489 e. The van der Waals surface area contributed by atoms with Crippen molar-refractivity contribution in [1.82, 2.24) is 14.5 Å². The lowest BCUT2D eigenvalue weighted by molar-refractivity contribution is -0.153. The summed E-state index contributed by atoms with van der Waals surface area (Å²) in [5, 5.41) is 3.55. The van der Waals surface area contributed by atoms with Crippen molar-refractivity contribution in [2.45, 2.75) is 94.3 Å². The number of allylic oxidation sites excluding steroid dienone is 4. The van der Waals surface area contributed by atoms with E-state index < -0.39 is 46.9 Å². The van der Waals surface area contributed by atoms with Crippen molar-refractivity contribution in [3.63, 3.8) is 0 Å². The standard InChI is InChI=1S/C53H57Cl2F2N3O9S/c1-3-43(54)42(44(55)4-2)30-47(38-20-21-46(68-52(56)57)48(29-38)66-32-34-18-19-34)67-51(61)45-17-10-24-60(45)70(63,64)41-16-8-11-35(27-41)33-65-40-15-9-14-39(28-40)50(37-12-6-5-7-13-37)58-53(62)69-49-31-59-25-22-36(49)23-26-59/h3-9,11-16,20-21,27-29,34,36,45,47,49-50,52H,1,10,17-19,22-26,30-33H2,2H3,(H,58,62)/b43-42+,44-4+/t45-,47-,49-,50-/m0/s1. The van der Waals surface area contributed by atoms with Crippen LogP contribution in [0.25, 0.3) is 0 Å². The molecule has 372 valence electrons. The van der Waals surface area contributed by atoms with E-state index in [4.69, 9.17) is 46.9 Å². The average molecular weight is 1020 g/mol. The Kier molecular flexibility index (Phi) is 16.9. The number of fused-ring (bicyclic) bond motifs is 3. The van der Waals surface area contributed by atoms with Gasteiger partial charge in [-0.15, -0.1) is 0 Å². The largest absolute Gasteiger partial charge is 0.489 e. The number of piperidine rings is 3. The van der Waals surface area contributed by atoms with Crippen LogP contribution >= 0.6 is 23.2 Å². The van der Waals surface area contributed by atoms with Crippen LogP contribution in [0, 0.1) is 11.8 Å². The second kappa shape index (κ2) is 23.2. The molecule has 4 saturated heterocycles. The third-order valence-electron chi connectivity index (χ3n) is 13.2. The van der Waals surface area contributed by atoms with E-state index in [0.717, 1.165) is 60.7 Å². The van der Waals surface area contributed by atoms with Crippen molar-refractivity contribution in [3.05, 3.63) is 154 Å². The zero-order valence-electron chi connectivity index (χ0n) is 38.8. The molecule has 2 bridgehead atoms. The summed E-state index contributed by atoms with van der Waals surface area (Å²) in [6.45, 7) is 5.51. The first kappa shape index (κ1) is 50.9. The lowest BCUT2D eigenvalue weighted by atomic mass is 9.86. The molecule has 5 aliphatic rings. The summed E-state index contributed by atoms with van der Waals surface area (Å²) in [4.78, 5) is 30.0. The smallest absolute Gasteiger partial charge is 0.408 e. The first-order valence-electron chi connectivity index (χ1n) is 23.6. The van der Waals surface area contributed by atoms with Crippen LogP contribution in [0.2, 0.25) is 0 Å². The summed E-state index contributed by atoms with van der Waals surface area (Å²) in [7, 11) is -4.26. The number of carbonyl (C=O) groups excluding carboxylic acids is 2. The summed E-state index contributed by atoms with van der Waals surface area (Å²) in [5.41, 5.74) is 2.93. The van der Waals surface area contributed by atoms with Gasteiger partial charge in [0.05, 0.1) is 17.5 Å². The molecule has 17 heteroatoms. The minimum absolute atomic E-state index is 0.0103. The Labute approximate surface area is 418 Å². The van der Waals surface area contributed by atoms with Gasteiger partial charge in [0, 0.05) is 29.6 Å². The van der Waals surface area contributed by atoms with E-state index in [2.05, 4.69) is 16.8 Å². The highest BCUT2D eigenvalue weighted by Crippen LogP contribution is 2.40. The van der Waals surface area contributed by atoms with Crippen LogP contribution in [-0.2, 0) is 30.9 Å². The Morgan fingerprint density at radius 1 is 0.857 bits per heavy atom. The molecule has 1 N–H and O–H groups in total. The summed E-state index contributed by atoms with van der Waals surface area (Å²) in [6, 6.07) is 25.8. The first-order chi connectivity index (χ1) is 33.8. The number of alkyl carbamates (subject to hydrolysis) is 1. The van der Waals surface area contributed by atoms with E-state index >= 15 is 0 Å². The quantitative estimate of drug-likeness (QED) is 0.0635. The number of halogens is 4. The molecule has 70 heavy (non-hydrogen) atoms. The fourth-order valence-electron chi connectivity index (χ4n) is 9.24. The second-order valence-corrected chi connectivity index (χ2v) is 20.7. The molecule has 5 fully saturated rings. The number of benzene rings is 4. The predicted molar refractivity (Wildman–Crippen MR) is 262 cm³/mol. The van der Waals surface area contributed by atoms with Gasteiger partial charge in [-0.1, -0.05) is 103 Å². The van der Waals surface area contributed by atoms with E-state index in [1.54, 1.807) is 31.2 Å². The maximum Gasteiger partial charge on any atom is 0.408 e. The van der Waals surface area contributed by atoms with E-state index in [9.17, 15) is 26.8 Å². The molecule has 4 aromatic rings. The van der Waals surface area contributed by atoms with E-state index in [1.807, 2.05) is 48.5 Å². The fourth-order valence-corrected chi connectivity index (χ4v) is 11.4. The first-order valence-corrected chi connectivity index (χ1v) is 25.8. The van der Waals surface area contributed by atoms with Gasteiger partial charge in [0.2, 0.25) is 10.0 Å². The van der Waals surface area contributed by atoms with Gasteiger partial charge in [-0.2, -0.15) is 13.1 Å².